The lowest BCUT2D eigenvalue weighted by Gasteiger charge is -2.09. The first-order valence-electron chi connectivity index (χ1n) is 5.45. The molecule has 2 nitrogen and oxygen atoms in total. The monoisotopic (exact) mass is 201 g/mol. The number of hydrogen-bond donors (Lipinski definition) is 0. The largest absolute Gasteiger partial charge is 0.495 e. The Balaban J connectivity index is 2.47. The summed E-state index contributed by atoms with van der Waals surface area (Å²) in [5.41, 5.74) is 3.37. The van der Waals surface area contributed by atoms with Gasteiger partial charge < -0.3 is 4.74 Å². The van der Waals surface area contributed by atoms with Gasteiger partial charge in [0, 0.05) is 0 Å². The van der Waals surface area contributed by atoms with Crippen molar-refractivity contribution >= 4 is 0 Å². The smallest absolute Gasteiger partial charge is 0.136 e. The molecule has 0 bridgehead atoms. The Labute approximate surface area is 90.5 Å². The Morgan fingerprint density at radius 2 is 1.80 bits per heavy atom. The molecule has 1 aliphatic carbocycles. The van der Waals surface area contributed by atoms with E-state index < -0.39 is 0 Å². The molecule has 0 amide bonds. The van der Waals surface area contributed by atoms with Gasteiger partial charge >= 0.3 is 0 Å². The number of ether oxygens (including phenoxy) is 1. The minimum absolute atomic E-state index is 0.665. The van der Waals surface area contributed by atoms with E-state index in [2.05, 4.69) is 6.07 Å². The molecule has 0 saturated heterocycles. The second kappa shape index (κ2) is 4.35. The molecule has 0 atom stereocenters. The zero-order chi connectivity index (χ0) is 10.7. The molecular weight excluding hydrogens is 186 g/mol. The highest BCUT2D eigenvalue weighted by Crippen LogP contribution is 2.27. The van der Waals surface area contributed by atoms with Crippen LogP contribution in [-0.2, 0) is 12.8 Å². The van der Waals surface area contributed by atoms with Gasteiger partial charge in [-0.1, -0.05) is 6.42 Å². The summed E-state index contributed by atoms with van der Waals surface area (Å²) in [6.07, 6.45) is 6.01. The fourth-order valence-corrected chi connectivity index (χ4v) is 2.20. The van der Waals surface area contributed by atoms with E-state index >= 15 is 0 Å². The summed E-state index contributed by atoms with van der Waals surface area (Å²) >= 11 is 0. The first-order valence-corrected chi connectivity index (χ1v) is 5.45. The molecule has 0 fully saturated rings. The Bertz CT molecular complexity index is 404. The molecule has 2 rings (SSSR count). The van der Waals surface area contributed by atoms with E-state index in [1.165, 1.54) is 30.4 Å². The van der Waals surface area contributed by atoms with E-state index in [-0.39, 0.29) is 0 Å². The third kappa shape index (κ3) is 1.97. The number of methoxy groups -OCH3 is 1. The Morgan fingerprint density at radius 3 is 2.40 bits per heavy atom. The normalized spacial score (nSPS) is 14.9. The third-order valence-electron chi connectivity index (χ3n) is 3.03. The van der Waals surface area contributed by atoms with Crippen molar-refractivity contribution in [3.05, 3.63) is 28.8 Å². The molecule has 15 heavy (non-hydrogen) atoms. The van der Waals surface area contributed by atoms with Crippen molar-refractivity contribution in [2.24, 2.45) is 0 Å². The quantitative estimate of drug-likeness (QED) is 0.654. The van der Waals surface area contributed by atoms with Gasteiger partial charge in [0.05, 0.1) is 12.7 Å². The molecule has 0 aromatic heterocycles. The van der Waals surface area contributed by atoms with Crippen LogP contribution in [0.2, 0.25) is 0 Å². The first-order chi connectivity index (χ1) is 7.35. The van der Waals surface area contributed by atoms with Crippen molar-refractivity contribution in [1.82, 2.24) is 0 Å². The van der Waals surface area contributed by atoms with Gasteiger partial charge in [-0.25, -0.2) is 0 Å². The minimum Gasteiger partial charge on any atom is -0.495 e. The number of fused-ring (bicyclic) bond motifs is 1. The third-order valence-corrected chi connectivity index (χ3v) is 3.03. The topological polar surface area (TPSA) is 33.0 Å². The Kier molecular flexibility index (Phi) is 2.91. The predicted molar refractivity (Wildman–Crippen MR) is 59.0 cm³/mol. The van der Waals surface area contributed by atoms with E-state index in [1.54, 1.807) is 7.11 Å². The molecule has 0 N–H and O–H groups in total. The van der Waals surface area contributed by atoms with Gasteiger partial charge in [-0.3, -0.25) is 0 Å². The number of aryl methyl sites for hydroxylation is 2. The molecule has 0 aliphatic heterocycles. The average molecular weight is 201 g/mol. The van der Waals surface area contributed by atoms with Crippen LogP contribution in [0.3, 0.4) is 0 Å². The molecule has 78 valence electrons. The van der Waals surface area contributed by atoms with E-state index in [0.717, 1.165) is 18.6 Å². The second-order valence-corrected chi connectivity index (χ2v) is 3.99. The van der Waals surface area contributed by atoms with Crippen molar-refractivity contribution in [3.8, 4) is 11.8 Å². The fourth-order valence-electron chi connectivity index (χ4n) is 2.20. The van der Waals surface area contributed by atoms with Crippen molar-refractivity contribution in [2.75, 3.05) is 7.11 Å². The van der Waals surface area contributed by atoms with Crippen molar-refractivity contribution in [3.63, 3.8) is 0 Å². The predicted octanol–water partition coefficient (Wildman–Crippen LogP) is 2.84. The Morgan fingerprint density at radius 1 is 1.13 bits per heavy atom. The molecule has 1 aromatic carbocycles. The lowest BCUT2D eigenvalue weighted by atomic mass is 9.99. The maximum Gasteiger partial charge on any atom is 0.136 e. The van der Waals surface area contributed by atoms with E-state index in [4.69, 9.17) is 10.00 Å². The number of rotatable bonds is 1. The molecule has 0 unspecified atom stereocenters. The molecule has 0 spiro atoms. The van der Waals surface area contributed by atoms with Gasteiger partial charge in [0.2, 0.25) is 0 Å². The highest BCUT2D eigenvalue weighted by Gasteiger charge is 2.12. The molecule has 0 radical (unpaired) electrons. The maximum atomic E-state index is 8.99. The highest BCUT2D eigenvalue weighted by molar-refractivity contribution is 5.49. The first kappa shape index (κ1) is 10.0. The van der Waals surface area contributed by atoms with Crippen LogP contribution in [0, 0.1) is 11.3 Å². The van der Waals surface area contributed by atoms with Crippen molar-refractivity contribution < 1.29 is 4.74 Å². The van der Waals surface area contributed by atoms with Gasteiger partial charge in [-0.05, 0) is 48.9 Å². The zero-order valence-electron chi connectivity index (χ0n) is 9.05. The van der Waals surface area contributed by atoms with Crippen LogP contribution < -0.4 is 4.74 Å². The second-order valence-electron chi connectivity index (χ2n) is 3.99. The molecular formula is C13H15NO. The van der Waals surface area contributed by atoms with Crippen LogP contribution in [0.1, 0.15) is 36.0 Å². The minimum atomic E-state index is 0.665. The number of nitrogens with zero attached hydrogens (tertiary/aromatic N) is 1. The summed E-state index contributed by atoms with van der Waals surface area (Å²) in [6, 6.07) is 6.23. The summed E-state index contributed by atoms with van der Waals surface area (Å²) < 4.78 is 5.22. The summed E-state index contributed by atoms with van der Waals surface area (Å²) in [4.78, 5) is 0. The van der Waals surface area contributed by atoms with E-state index in [0.29, 0.717) is 5.56 Å². The van der Waals surface area contributed by atoms with Crippen LogP contribution in [0.4, 0.5) is 0 Å². The van der Waals surface area contributed by atoms with E-state index in [9.17, 15) is 0 Å². The highest BCUT2D eigenvalue weighted by atomic mass is 16.5. The lowest BCUT2D eigenvalue weighted by molar-refractivity contribution is 0.413. The van der Waals surface area contributed by atoms with Crippen LogP contribution in [-0.4, -0.2) is 7.11 Å². The van der Waals surface area contributed by atoms with Crippen molar-refractivity contribution in [1.29, 1.82) is 5.26 Å². The Hall–Kier alpha value is -1.49. The molecule has 1 aliphatic rings. The summed E-state index contributed by atoms with van der Waals surface area (Å²) in [7, 11) is 1.62. The average Bonchev–Trinajstić information content (AvgIpc) is 2.51. The van der Waals surface area contributed by atoms with Gasteiger partial charge in [0.15, 0.2) is 0 Å². The lowest BCUT2D eigenvalue weighted by Crippen LogP contribution is -1.96. The van der Waals surface area contributed by atoms with Crippen LogP contribution in [0.15, 0.2) is 12.1 Å². The summed E-state index contributed by atoms with van der Waals surface area (Å²) in [5.74, 6) is 0.721. The number of nitriles is 1. The van der Waals surface area contributed by atoms with Gasteiger partial charge in [-0.2, -0.15) is 5.26 Å². The standard InChI is InChI=1S/C13H15NO/c1-15-13-8-11-6-4-2-3-5-10(11)7-12(13)9-14/h7-8H,2-6H2,1H3. The summed E-state index contributed by atoms with van der Waals surface area (Å²) in [5, 5.41) is 8.99. The number of benzene rings is 1. The van der Waals surface area contributed by atoms with Gasteiger partial charge in [0.1, 0.15) is 11.8 Å². The maximum absolute atomic E-state index is 8.99. The molecule has 1 aromatic rings. The molecule has 0 saturated carbocycles. The van der Waals surface area contributed by atoms with Crippen LogP contribution in [0.25, 0.3) is 0 Å². The number of hydrogen-bond acceptors (Lipinski definition) is 2. The van der Waals surface area contributed by atoms with Crippen LogP contribution >= 0.6 is 0 Å². The van der Waals surface area contributed by atoms with Crippen molar-refractivity contribution in [2.45, 2.75) is 32.1 Å². The molecule has 2 heteroatoms. The van der Waals surface area contributed by atoms with Crippen LogP contribution in [0.5, 0.6) is 5.75 Å². The van der Waals surface area contributed by atoms with E-state index in [1.807, 2.05) is 12.1 Å². The SMILES string of the molecule is COc1cc2c(cc1C#N)CCCCC2. The zero-order valence-corrected chi connectivity index (χ0v) is 9.05. The van der Waals surface area contributed by atoms with Gasteiger partial charge in [-0.15, -0.1) is 0 Å². The van der Waals surface area contributed by atoms with Gasteiger partial charge in [0.25, 0.3) is 0 Å². The molecule has 0 heterocycles. The summed E-state index contributed by atoms with van der Waals surface area (Å²) in [6.45, 7) is 0. The fraction of sp³-hybridized carbons (Fsp3) is 0.462.